The molecule has 0 aliphatic rings. The predicted molar refractivity (Wildman–Crippen MR) is 54.6 cm³/mol. The molecule has 0 spiro atoms. The fraction of sp³-hybridized carbons (Fsp3) is 0.167. The predicted octanol–water partition coefficient (Wildman–Crippen LogP) is 3.37. The molecule has 0 saturated heterocycles. The van der Waals surface area contributed by atoms with Crippen molar-refractivity contribution in [2.24, 2.45) is 0 Å². The van der Waals surface area contributed by atoms with E-state index in [2.05, 4.69) is 4.98 Å². The third-order valence-electron chi connectivity index (χ3n) is 1.15. The summed E-state index contributed by atoms with van der Waals surface area (Å²) < 4.78 is 37.6. The molecule has 0 aliphatic heterocycles. The number of aromatic nitrogens is 1. The summed E-state index contributed by atoms with van der Waals surface area (Å²) in [5, 5.41) is 0. The van der Waals surface area contributed by atoms with E-state index in [1.165, 1.54) is 6.07 Å². The van der Waals surface area contributed by atoms with E-state index < -0.39 is 17.9 Å². The second kappa shape index (κ2) is 4.07. The smallest absolute Gasteiger partial charge is 0.213 e. The van der Waals surface area contributed by atoms with Gasteiger partial charge in [-0.3, -0.25) is 0 Å². The van der Waals surface area contributed by atoms with Gasteiger partial charge in [0.05, 0.1) is 5.56 Å². The van der Waals surface area contributed by atoms with Crippen molar-refractivity contribution in [1.29, 1.82) is 0 Å². The fourth-order valence-electron chi connectivity index (χ4n) is 0.661. The number of rotatable bonds is 1. The second-order valence-electron chi connectivity index (χ2n) is 1.93. The molecular weight excluding hydrogens is 397 g/mol. The average molecular weight is 399 g/mol. The van der Waals surface area contributed by atoms with Gasteiger partial charge in [0.2, 0.25) is 5.95 Å². The molecule has 6 heteroatoms. The van der Waals surface area contributed by atoms with Crippen LogP contribution < -0.4 is 0 Å². The Morgan fingerprint density at radius 1 is 1.33 bits per heavy atom. The minimum atomic E-state index is -2.80. The van der Waals surface area contributed by atoms with Crippen LogP contribution in [0, 0.1) is 13.2 Å². The standard InChI is InChI=1S/C6H2F3I2N/c7-5(8)4-2(10)1-3(11)12-6(4)9/h1,5H. The summed E-state index contributed by atoms with van der Waals surface area (Å²) in [5.41, 5.74) is -0.615. The Hall–Kier alpha value is 0.400. The number of hydrogen-bond donors (Lipinski definition) is 0. The lowest BCUT2D eigenvalue weighted by Gasteiger charge is -2.03. The summed E-state index contributed by atoms with van der Waals surface area (Å²) in [7, 11) is 0. The van der Waals surface area contributed by atoms with Crippen LogP contribution in [0.4, 0.5) is 13.2 Å². The van der Waals surface area contributed by atoms with Gasteiger partial charge < -0.3 is 0 Å². The molecule has 1 rings (SSSR count). The van der Waals surface area contributed by atoms with E-state index >= 15 is 0 Å². The molecule has 1 aromatic heterocycles. The minimum absolute atomic E-state index is 0.208. The van der Waals surface area contributed by atoms with Gasteiger partial charge in [-0.05, 0) is 51.2 Å². The molecule has 1 aromatic rings. The highest BCUT2D eigenvalue weighted by molar-refractivity contribution is 14.1. The van der Waals surface area contributed by atoms with Crippen LogP contribution in [-0.4, -0.2) is 4.98 Å². The molecule has 12 heavy (non-hydrogen) atoms. The maximum Gasteiger partial charge on any atom is 0.269 e. The molecular formula is C6H2F3I2N. The van der Waals surface area contributed by atoms with Gasteiger partial charge in [0.1, 0.15) is 3.70 Å². The van der Waals surface area contributed by atoms with Gasteiger partial charge in [-0.25, -0.2) is 13.8 Å². The quantitative estimate of drug-likeness (QED) is 0.522. The van der Waals surface area contributed by atoms with Crippen LogP contribution in [0.25, 0.3) is 0 Å². The fourth-order valence-corrected chi connectivity index (χ4v) is 2.53. The van der Waals surface area contributed by atoms with Crippen LogP contribution in [0.5, 0.6) is 0 Å². The average Bonchev–Trinajstić information content (AvgIpc) is 1.82. The summed E-state index contributed by atoms with van der Waals surface area (Å²) in [4.78, 5) is 3.29. The lowest BCUT2D eigenvalue weighted by Crippen LogP contribution is -1.99. The zero-order valence-corrected chi connectivity index (χ0v) is 9.81. The van der Waals surface area contributed by atoms with Gasteiger partial charge in [0.25, 0.3) is 6.43 Å². The molecule has 0 radical (unpaired) electrons. The molecule has 0 aliphatic carbocycles. The minimum Gasteiger partial charge on any atom is -0.213 e. The molecule has 1 heterocycles. The van der Waals surface area contributed by atoms with Crippen molar-refractivity contribution in [3.05, 3.63) is 24.8 Å². The highest BCUT2D eigenvalue weighted by atomic mass is 127. The van der Waals surface area contributed by atoms with Gasteiger partial charge in [0, 0.05) is 3.57 Å². The highest BCUT2D eigenvalue weighted by Gasteiger charge is 2.18. The molecule has 0 bridgehead atoms. The van der Waals surface area contributed by atoms with Crippen molar-refractivity contribution in [2.75, 3.05) is 0 Å². The van der Waals surface area contributed by atoms with Gasteiger partial charge in [-0.15, -0.1) is 0 Å². The Labute approximate surface area is 94.0 Å². The molecule has 0 atom stereocenters. The molecule has 0 N–H and O–H groups in total. The maximum atomic E-state index is 12.8. The second-order valence-corrected chi connectivity index (χ2v) is 4.20. The van der Waals surface area contributed by atoms with E-state index in [9.17, 15) is 13.2 Å². The summed E-state index contributed by atoms with van der Waals surface area (Å²) >= 11 is 3.43. The van der Waals surface area contributed by atoms with Crippen molar-refractivity contribution < 1.29 is 13.2 Å². The van der Waals surface area contributed by atoms with Gasteiger partial charge in [0.15, 0.2) is 0 Å². The number of nitrogens with zero attached hydrogens (tertiary/aromatic N) is 1. The number of halogens is 5. The zero-order valence-electron chi connectivity index (χ0n) is 5.49. The first-order valence-corrected chi connectivity index (χ1v) is 4.97. The van der Waals surface area contributed by atoms with E-state index in [1.54, 1.807) is 45.2 Å². The summed E-state index contributed by atoms with van der Waals surface area (Å²) in [6.07, 6.45) is -2.80. The van der Waals surface area contributed by atoms with Crippen molar-refractivity contribution in [2.45, 2.75) is 6.43 Å². The normalized spacial score (nSPS) is 10.8. The van der Waals surface area contributed by atoms with Crippen molar-refractivity contribution >= 4 is 45.2 Å². The monoisotopic (exact) mass is 399 g/mol. The highest BCUT2D eigenvalue weighted by Crippen LogP contribution is 2.26. The van der Waals surface area contributed by atoms with E-state index in [1.807, 2.05) is 0 Å². The SMILES string of the molecule is Fc1nc(I)cc(I)c1C(F)F. The van der Waals surface area contributed by atoms with Crippen molar-refractivity contribution in [3.63, 3.8) is 0 Å². The van der Waals surface area contributed by atoms with Crippen LogP contribution >= 0.6 is 45.2 Å². The number of pyridine rings is 1. The Balaban J connectivity index is 3.28. The Bertz CT molecular complexity index is 280. The lowest BCUT2D eigenvalue weighted by atomic mass is 10.3. The van der Waals surface area contributed by atoms with Crippen LogP contribution in [0.2, 0.25) is 0 Å². The van der Waals surface area contributed by atoms with Gasteiger partial charge >= 0.3 is 0 Å². The summed E-state index contributed by atoms with van der Waals surface area (Å²) in [6, 6.07) is 1.41. The van der Waals surface area contributed by atoms with Gasteiger partial charge in [-0.2, -0.15) is 4.39 Å². The first-order valence-electron chi connectivity index (χ1n) is 2.82. The van der Waals surface area contributed by atoms with Crippen LogP contribution in [0.15, 0.2) is 6.07 Å². The van der Waals surface area contributed by atoms with E-state index in [0.29, 0.717) is 3.70 Å². The maximum absolute atomic E-state index is 12.8. The van der Waals surface area contributed by atoms with E-state index in [-0.39, 0.29) is 3.57 Å². The van der Waals surface area contributed by atoms with Crippen LogP contribution in [0.3, 0.4) is 0 Å². The first kappa shape index (κ1) is 10.5. The first-order chi connectivity index (χ1) is 5.52. The molecule has 0 aromatic carbocycles. The number of hydrogen-bond acceptors (Lipinski definition) is 1. The lowest BCUT2D eigenvalue weighted by molar-refractivity contribution is 0.144. The molecule has 0 saturated carbocycles. The third-order valence-corrected chi connectivity index (χ3v) is 2.59. The van der Waals surface area contributed by atoms with Crippen molar-refractivity contribution in [3.8, 4) is 0 Å². The van der Waals surface area contributed by atoms with E-state index in [4.69, 9.17) is 0 Å². The zero-order chi connectivity index (χ0) is 9.30. The summed E-state index contributed by atoms with van der Waals surface area (Å²) in [6.45, 7) is 0. The third kappa shape index (κ3) is 2.21. The van der Waals surface area contributed by atoms with Crippen LogP contribution in [-0.2, 0) is 0 Å². The number of alkyl halides is 2. The molecule has 0 fully saturated rings. The topological polar surface area (TPSA) is 12.9 Å². The van der Waals surface area contributed by atoms with Crippen LogP contribution in [0.1, 0.15) is 12.0 Å². The Morgan fingerprint density at radius 2 is 1.92 bits per heavy atom. The summed E-state index contributed by atoms with van der Waals surface area (Å²) in [5.74, 6) is -1.08. The van der Waals surface area contributed by atoms with E-state index in [0.717, 1.165) is 0 Å². The molecule has 66 valence electrons. The Kier molecular flexibility index (Phi) is 3.56. The molecule has 1 nitrogen and oxygen atoms in total. The largest absolute Gasteiger partial charge is 0.269 e. The Morgan fingerprint density at radius 3 is 2.33 bits per heavy atom. The molecule has 0 amide bonds. The molecule has 0 unspecified atom stereocenters. The van der Waals surface area contributed by atoms with Gasteiger partial charge in [-0.1, -0.05) is 0 Å². The van der Waals surface area contributed by atoms with Crippen molar-refractivity contribution in [1.82, 2.24) is 4.98 Å².